The molecule has 8 nitrogen and oxygen atoms in total. The van der Waals surface area contributed by atoms with E-state index in [0.717, 1.165) is 18.7 Å². The Hall–Kier alpha value is -4.92. The molecule has 0 saturated carbocycles. The number of hydrogen-bond acceptors (Lipinski definition) is 7. The highest BCUT2D eigenvalue weighted by Crippen LogP contribution is 2.40. The highest BCUT2D eigenvalue weighted by molar-refractivity contribution is 6.46. The molecule has 2 fully saturated rings. The Morgan fingerprint density at radius 1 is 0.773 bits per heavy atom. The molecule has 1 N–H and O–H groups in total. The molecule has 2 aliphatic rings. The van der Waals surface area contributed by atoms with E-state index in [-0.39, 0.29) is 11.3 Å². The molecule has 44 heavy (non-hydrogen) atoms. The van der Waals surface area contributed by atoms with Crippen molar-refractivity contribution in [3.8, 4) is 17.2 Å². The van der Waals surface area contributed by atoms with Crippen LogP contribution < -0.4 is 9.47 Å². The normalized spacial score (nSPS) is 18.4. The van der Waals surface area contributed by atoms with E-state index in [4.69, 9.17) is 14.2 Å². The second-order valence-corrected chi connectivity index (χ2v) is 10.7. The van der Waals surface area contributed by atoms with Crippen LogP contribution >= 0.6 is 0 Å². The number of ketones is 1. The molecule has 4 aromatic rings. The van der Waals surface area contributed by atoms with Crippen LogP contribution in [0.15, 0.2) is 115 Å². The standard InChI is InChI=1S/C36H34N2O6/c39-34(27-14-16-29(17-15-27)43-25-26-8-3-1-4-9-26)32-33(28-10-7-13-31(24-28)44-30-11-5-2-6-12-30)38(36(41)35(32)40)19-18-37-20-22-42-23-21-37/h1-17,24,33,39H,18-23,25H2/b34-32+. The Morgan fingerprint density at radius 2 is 1.45 bits per heavy atom. The van der Waals surface area contributed by atoms with Crippen molar-refractivity contribution in [2.24, 2.45) is 0 Å². The number of para-hydroxylation sites is 1. The fourth-order valence-corrected chi connectivity index (χ4v) is 5.51. The van der Waals surface area contributed by atoms with E-state index < -0.39 is 17.7 Å². The summed E-state index contributed by atoms with van der Waals surface area (Å²) in [5, 5.41) is 11.6. The number of Topliss-reactive ketones (excluding diaryl/α,β-unsaturated/α-hetero) is 1. The number of carbonyl (C=O) groups is 2. The first-order valence-electron chi connectivity index (χ1n) is 14.8. The number of aliphatic hydroxyl groups excluding tert-OH is 1. The highest BCUT2D eigenvalue weighted by atomic mass is 16.5. The van der Waals surface area contributed by atoms with Gasteiger partial charge < -0.3 is 24.2 Å². The lowest BCUT2D eigenvalue weighted by Crippen LogP contribution is -2.42. The number of ether oxygens (including phenoxy) is 3. The van der Waals surface area contributed by atoms with Crippen LogP contribution in [0.4, 0.5) is 0 Å². The lowest BCUT2D eigenvalue weighted by molar-refractivity contribution is -0.140. The molecule has 2 aliphatic heterocycles. The summed E-state index contributed by atoms with van der Waals surface area (Å²) >= 11 is 0. The van der Waals surface area contributed by atoms with Crippen LogP contribution in [0.5, 0.6) is 17.2 Å². The molecule has 4 aromatic carbocycles. The summed E-state index contributed by atoms with van der Waals surface area (Å²) in [4.78, 5) is 30.8. The number of carbonyl (C=O) groups excluding carboxylic acids is 2. The zero-order chi connectivity index (χ0) is 30.3. The number of benzene rings is 4. The van der Waals surface area contributed by atoms with Crippen LogP contribution in [0.2, 0.25) is 0 Å². The number of hydrogen-bond donors (Lipinski definition) is 1. The third kappa shape index (κ3) is 6.67. The quantitative estimate of drug-likeness (QED) is 0.142. The molecule has 224 valence electrons. The fraction of sp³-hybridized carbons (Fsp3) is 0.222. The summed E-state index contributed by atoms with van der Waals surface area (Å²) < 4.78 is 17.4. The maximum Gasteiger partial charge on any atom is 0.295 e. The third-order valence-corrected chi connectivity index (χ3v) is 7.83. The van der Waals surface area contributed by atoms with E-state index in [1.165, 1.54) is 0 Å². The lowest BCUT2D eigenvalue weighted by Gasteiger charge is -2.31. The number of aliphatic hydroxyl groups is 1. The van der Waals surface area contributed by atoms with Gasteiger partial charge in [-0.25, -0.2) is 0 Å². The molecule has 1 atom stereocenters. The van der Waals surface area contributed by atoms with E-state index in [9.17, 15) is 14.7 Å². The van der Waals surface area contributed by atoms with Gasteiger partial charge in [-0.05, 0) is 59.7 Å². The third-order valence-electron chi connectivity index (χ3n) is 7.83. The summed E-state index contributed by atoms with van der Waals surface area (Å²) in [6, 6.07) is 32.6. The molecular formula is C36H34N2O6. The first-order chi connectivity index (χ1) is 21.6. The first kappa shape index (κ1) is 29.2. The molecule has 6 rings (SSSR count). The molecular weight excluding hydrogens is 556 g/mol. The first-order valence-corrected chi connectivity index (χ1v) is 14.8. The monoisotopic (exact) mass is 590 g/mol. The Bertz CT molecular complexity index is 1620. The van der Waals surface area contributed by atoms with Crippen molar-refractivity contribution in [1.29, 1.82) is 0 Å². The lowest BCUT2D eigenvalue weighted by atomic mass is 9.95. The van der Waals surface area contributed by atoms with Gasteiger partial charge in [-0.15, -0.1) is 0 Å². The van der Waals surface area contributed by atoms with Crippen molar-refractivity contribution in [1.82, 2.24) is 9.80 Å². The van der Waals surface area contributed by atoms with E-state index in [2.05, 4.69) is 4.90 Å². The number of nitrogens with zero attached hydrogens (tertiary/aromatic N) is 2. The number of amides is 1. The molecule has 2 saturated heterocycles. The van der Waals surface area contributed by atoms with Gasteiger partial charge in [0.2, 0.25) is 0 Å². The predicted molar refractivity (Wildman–Crippen MR) is 166 cm³/mol. The molecule has 0 radical (unpaired) electrons. The Labute approximate surface area is 256 Å². The predicted octanol–water partition coefficient (Wildman–Crippen LogP) is 5.81. The van der Waals surface area contributed by atoms with Crippen molar-refractivity contribution in [3.05, 3.63) is 131 Å². The second kappa shape index (κ2) is 13.6. The zero-order valence-electron chi connectivity index (χ0n) is 24.3. The average Bonchev–Trinajstić information content (AvgIpc) is 3.33. The minimum atomic E-state index is -0.788. The van der Waals surface area contributed by atoms with Crippen molar-refractivity contribution in [2.75, 3.05) is 39.4 Å². The fourth-order valence-electron chi connectivity index (χ4n) is 5.51. The summed E-state index contributed by atoms with van der Waals surface area (Å²) in [5.41, 5.74) is 2.18. The van der Waals surface area contributed by atoms with Gasteiger partial charge in [-0.1, -0.05) is 60.7 Å². The molecule has 2 heterocycles. The number of rotatable bonds is 10. The maximum absolute atomic E-state index is 13.6. The highest BCUT2D eigenvalue weighted by Gasteiger charge is 2.46. The summed E-state index contributed by atoms with van der Waals surface area (Å²) in [5.74, 6) is 0.271. The van der Waals surface area contributed by atoms with Gasteiger partial charge in [0.15, 0.2) is 0 Å². The van der Waals surface area contributed by atoms with Gasteiger partial charge in [-0.3, -0.25) is 14.5 Å². The topological polar surface area (TPSA) is 88.5 Å². The average molecular weight is 591 g/mol. The summed E-state index contributed by atoms with van der Waals surface area (Å²) in [7, 11) is 0. The minimum Gasteiger partial charge on any atom is -0.507 e. The van der Waals surface area contributed by atoms with E-state index in [1.54, 1.807) is 29.2 Å². The Balaban J connectivity index is 1.31. The summed E-state index contributed by atoms with van der Waals surface area (Å²) in [6.07, 6.45) is 0. The largest absolute Gasteiger partial charge is 0.507 e. The van der Waals surface area contributed by atoms with Crippen LogP contribution in [0.25, 0.3) is 5.76 Å². The summed E-state index contributed by atoms with van der Waals surface area (Å²) in [6.45, 7) is 4.09. The van der Waals surface area contributed by atoms with Gasteiger partial charge in [0.05, 0.1) is 24.8 Å². The Morgan fingerprint density at radius 3 is 2.18 bits per heavy atom. The number of likely N-dealkylation sites (tertiary alicyclic amines) is 1. The van der Waals surface area contributed by atoms with Crippen molar-refractivity contribution < 1.29 is 28.9 Å². The van der Waals surface area contributed by atoms with Crippen LogP contribution in [-0.4, -0.2) is 66.0 Å². The van der Waals surface area contributed by atoms with Gasteiger partial charge >= 0.3 is 0 Å². The van der Waals surface area contributed by atoms with Gasteiger partial charge in [-0.2, -0.15) is 0 Å². The van der Waals surface area contributed by atoms with Crippen LogP contribution in [0, 0.1) is 0 Å². The maximum atomic E-state index is 13.6. The second-order valence-electron chi connectivity index (χ2n) is 10.7. The van der Waals surface area contributed by atoms with Gasteiger partial charge in [0.25, 0.3) is 11.7 Å². The SMILES string of the molecule is O=C1C(=O)N(CCN2CCOCC2)C(c2cccc(Oc3ccccc3)c2)/C1=C(\O)c1ccc(OCc2ccccc2)cc1. The molecule has 0 spiro atoms. The molecule has 1 amide bonds. The number of morpholine rings is 1. The molecule has 8 heteroatoms. The zero-order valence-corrected chi connectivity index (χ0v) is 24.3. The van der Waals surface area contributed by atoms with Crippen molar-refractivity contribution >= 4 is 17.4 Å². The molecule has 0 aliphatic carbocycles. The van der Waals surface area contributed by atoms with Crippen LogP contribution in [-0.2, 0) is 20.9 Å². The van der Waals surface area contributed by atoms with Gasteiger partial charge in [0, 0.05) is 31.7 Å². The molecule has 0 bridgehead atoms. The molecule has 0 aromatic heterocycles. The minimum absolute atomic E-state index is 0.0480. The molecule has 1 unspecified atom stereocenters. The van der Waals surface area contributed by atoms with Crippen LogP contribution in [0.1, 0.15) is 22.7 Å². The van der Waals surface area contributed by atoms with Crippen molar-refractivity contribution in [3.63, 3.8) is 0 Å². The van der Waals surface area contributed by atoms with Gasteiger partial charge in [0.1, 0.15) is 29.6 Å². The van der Waals surface area contributed by atoms with E-state index >= 15 is 0 Å². The smallest absolute Gasteiger partial charge is 0.295 e. The van der Waals surface area contributed by atoms with Crippen LogP contribution in [0.3, 0.4) is 0 Å². The Kier molecular flexibility index (Phi) is 9.01. The van der Waals surface area contributed by atoms with E-state index in [0.29, 0.717) is 61.3 Å². The van der Waals surface area contributed by atoms with Crippen molar-refractivity contribution in [2.45, 2.75) is 12.6 Å². The van der Waals surface area contributed by atoms with E-state index in [1.807, 2.05) is 84.9 Å².